The molecule has 0 radical (unpaired) electrons. The molecule has 0 saturated carbocycles. The van der Waals surface area contributed by atoms with Gasteiger partial charge in [-0.05, 0) is 6.92 Å². The molecular formula is C7H12O3. The first-order valence-corrected chi connectivity index (χ1v) is 3.70. The van der Waals surface area contributed by atoms with Crippen molar-refractivity contribution < 1.29 is 14.2 Å². The minimum Gasteiger partial charge on any atom is -0.376 e. The van der Waals surface area contributed by atoms with Crippen molar-refractivity contribution in [2.45, 2.75) is 25.2 Å². The zero-order chi connectivity index (χ0) is 7.03. The van der Waals surface area contributed by atoms with Crippen LogP contribution in [0, 0.1) is 0 Å². The molecule has 2 aliphatic rings. The molecule has 1 spiro atoms. The second-order valence-electron chi connectivity index (χ2n) is 2.95. The Morgan fingerprint density at radius 3 is 2.90 bits per heavy atom. The van der Waals surface area contributed by atoms with Crippen LogP contribution in [0.25, 0.3) is 0 Å². The predicted molar refractivity (Wildman–Crippen MR) is 34.7 cm³/mol. The van der Waals surface area contributed by atoms with Crippen LogP contribution in [0.1, 0.15) is 13.3 Å². The lowest BCUT2D eigenvalue weighted by atomic mass is 10.2. The summed E-state index contributed by atoms with van der Waals surface area (Å²) in [5.74, 6) is -0.362. The molecule has 1 unspecified atom stereocenters. The topological polar surface area (TPSA) is 27.7 Å². The van der Waals surface area contributed by atoms with Gasteiger partial charge in [-0.25, -0.2) is 0 Å². The molecule has 0 aromatic rings. The van der Waals surface area contributed by atoms with Gasteiger partial charge in [0, 0.05) is 6.42 Å². The zero-order valence-corrected chi connectivity index (χ0v) is 6.13. The van der Waals surface area contributed by atoms with E-state index in [1.54, 1.807) is 0 Å². The van der Waals surface area contributed by atoms with E-state index < -0.39 is 0 Å². The van der Waals surface area contributed by atoms with Crippen molar-refractivity contribution in [2.75, 3.05) is 19.8 Å². The Labute approximate surface area is 60.3 Å². The summed E-state index contributed by atoms with van der Waals surface area (Å²) in [6, 6.07) is 0. The Morgan fingerprint density at radius 1 is 1.50 bits per heavy atom. The molecule has 0 aromatic heterocycles. The van der Waals surface area contributed by atoms with Gasteiger partial charge in [-0.15, -0.1) is 0 Å². The Hall–Kier alpha value is -0.120. The fraction of sp³-hybridized carbons (Fsp3) is 1.00. The van der Waals surface area contributed by atoms with E-state index in [-0.39, 0.29) is 11.9 Å². The second-order valence-corrected chi connectivity index (χ2v) is 2.95. The van der Waals surface area contributed by atoms with Crippen molar-refractivity contribution in [3.8, 4) is 0 Å². The standard InChI is InChI=1S/C7H12O3/c1-6-4-9-7(10-6)2-3-8-5-7/h6H,2-5H2,1H3/t6-,7?/m0/s1. The molecule has 0 aliphatic carbocycles. The van der Waals surface area contributed by atoms with Crippen LogP contribution in [-0.2, 0) is 14.2 Å². The minimum atomic E-state index is -0.362. The van der Waals surface area contributed by atoms with E-state index >= 15 is 0 Å². The van der Waals surface area contributed by atoms with Crippen LogP contribution < -0.4 is 0 Å². The molecular weight excluding hydrogens is 132 g/mol. The van der Waals surface area contributed by atoms with Crippen LogP contribution in [0.4, 0.5) is 0 Å². The molecule has 3 heteroatoms. The van der Waals surface area contributed by atoms with Crippen LogP contribution in [0.15, 0.2) is 0 Å². The van der Waals surface area contributed by atoms with Gasteiger partial charge in [0.1, 0.15) is 6.61 Å². The van der Waals surface area contributed by atoms with Crippen LogP contribution in [-0.4, -0.2) is 31.7 Å². The highest BCUT2D eigenvalue weighted by Crippen LogP contribution is 2.31. The molecule has 2 rings (SSSR count). The van der Waals surface area contributed by atoms with Gasteiger partial charge in [0.05, 0.1) is 19.3 Å². The Bertz CT molecular complexity index is 129. The van der Waals surface area contributed by atoms with Gasteiger partial charge in [0.15, 0.2) is 5.79 Å². The molecule has 58 valence electrons. The first-order valence-electron chi connectivity index (χ1n) is 3.70. The molecule has 0 bridgehead atoms. The van der Waals surface area contributed by atoms with Crippen molar-refractivity contribution in [1.82, 2.24) is 0 Å². The smallest absolute Gasteiger partial charge is 0.194 e. The van der Waals surface area contributed by atoms with Gasteiger partial charge in [0.2, 0.25) is 0 Å². The summed E-state index contributed by atoms with van der Waals surface area (Å²) in [6.07, 6.45) is 1.12. The fourth-order valence-corrected chi connectivity index (χ4v) is 1.44. The van der Waals surface area contributed by atoms with Gasteiger partial charge >= 0.3 is 0 Å². The van der Waals surface area contributed by atoms with Crippen molar-refractivity contribution in [1.29, 1.82) is 0 Å². The van der Waals surface area contributed by atoms with E-state index in [1.165, 1.54) is 0 Å². The molecule has 2 aliphatic heterocycles. The highest BCUT2D eigenvalue weighted by Gasteiger charge is 2.43. The molecule has 0 aromatic carbocycles. The first-order chi connectivity index (χ1) is 4.81. The lowest BCUT2D eigenvalue weighted by Gasteiger charge is -2.18. The molecule has 3 nitrogen and oxygen atoms in total. The van der Waals surface area contributed by atoms with Crippen molar-refractivity contribution in [3.63, 3.8) is 0 Å². The van der Waals surface area contributed by atoms with Crippen LogP contribution in [0.3, 0.4) is 0 Å². The van der Waals surface area contributed by atoms with Crippen molar-refractivity contribution in [2.24, 2.45) is 0 Å². The summed E-state index contributed by atoms with van der Waals surface area (Å²) in [4.78, 5) is 0. The minimum absolute atomic E-state index is 0.238. The van der Waals surface area contributed by atoms with E-state index in [2.05, 4.69) is 0 Å². The molecule has 2 fully saturated rings. The third-order valence-electron chi connectivity index (χ3n) is 1.95. The average Bonchev–Trinajstić information content (AvgIpc) is 2.46. The molecule has 10 heavy (non-hydrogen) atoms. The summed E-state index contributed by atoms with van der Waals surface area (Å²) in [7, 11) is 0. The third-order valence-corrected chi connectivity index (χ3v) is 1.95. The highest BCUT2D eigenvalue weighted by atomic mass is 16.8. The van der Waals surface area contributed by atoms with Gasteiger partial charge < -0.3 is 14.2 Å². The predicted octanol–water partition coefficient (Wildman–Crippen LogP) is 0.538. The number of hydrogen-bond acceptors (Lipinski definition) is 3. The Morgan fingerprint density at radius 2 is 2.40 bits per heavy atom. The summed E-state index contributed by atoms with van der Waals surface area (Å²) in [6.45, 7) is 4.11. The molecule has 2 heterocycles. The lowest BCUT2D eigenvalue weighted by molar-refractivity contribution is -0.163. The summed E-state index contributed by atoms with van der Waals surface area (Å²) in [5.41, 5.74) is 0. The lowest BCUT2D eigenvalue weighted by Crippen LogP contribution is -2.30. The van der Waals surface area contributed by atoms with Crippen molar-refractivity contribution in [3.05, 3.63) is 0 Å². The van der Waals surface area contributed by atoms with Crippen LogP contribution in [0.5, 0.6) is 0 Å². The molecule has 0 amide bonds. The van der Waals surface area contributed by atoms with Crippen LogP contribution >= 0.6 is 0 Å². The molecule has 2 saturated heterocycles. The summed E-state index contributed by atoms with van der Waals surface area (Å²) < 4.78 is 16.2. The van der Waals surface area contributed by atoms with Crippen LogP contribution in [0.2, 0.25) is 0 Å². The zero-order valence-electron chi connectivity index (χ0n) is 6.13. The van der Waals surface area contributed by atoms with E-state index in [0.29, 0.717) is 13.2 Å². The van der Waals surface area contributed by atoms with Gasteiger partial charge in [0.25, 0.3) is 0 Å². The van der Waals surface area contributed by atoms with E-state index in [9.17, 15) is 0 Å². The maximum atomic E-state index is 5.56. The SMILES string of the molecule is C[C@H]1COC2(CCOC2)O1. The molecule has 0 N–H and O–H groups in total. The van der Waals surface area contributed by atoms with Gasteiger partial charge in [-0.3, -0.25) is 0 Å². The summed E-state index contributed by atoms with van der Waals surface area (Å²) >= 11 is 0. The van der Waals surface area contributed by atoms with Gasteiger partial charge in [-0.1, -0.05) is 0 Å². The van der Waals surface area contributed by atoms with Gasteiger partial charge in [-0.2, -0.15) is 0 Å². The largest absolute Gasteiger partial charge is 0.376 e. The number of rotatable bonds is 0. The maximum Gasteiger partial charge on any atom is 0.194 e. The number of ether oxygens (including phenoxy) is 3. The van der Waals surface area contributed by atoms with E-state index in [0.717, 1.165) is 13.0 Å². The maximum absolute atomic E-state index is 5.56. The monoisotopic (exact) mass is 144 g/mol. The normalized spacial score (nSPS) is 47.1. The first kappa shape index (κ1) is 6.58. The van der Waals surface area contributed by atoms with E-state index in [1.807, 2.05) is 6.92 Å². The molecule has 2 atom stereocenters. The fourth-order valence-electron chi connectivity index (χ4n) is 1.44. The number of hydrogen-bond donors (Lipinski definition) is 0. The highest BCUT2D eigenvalue weighted by molar-refractivity contribution is 4.80. The summed E-state index contributed by atoms with van der Waals surface area (Å²) in [5, 5.41) is 0. The Balaban J connectivity index is 2.03. The average molecular weight is 144 g/mol. The Kier molecular flexibility index (Phi) is 1.44. The van der Waals surface area contributed by atoms with E-state index in [4.69, 9.17) is 14.2 Å². The third kappa shape index (κ3) is 0.944. The second kappa shape index (κ2) is 2.19. The van der Waals surface area contributed by atoms with Crippen molar-refractivity contribution >= 4 is 0 Å². The quantitative estimate of drug-likeness (QED) is 0.496.